The molecule has 0 radical (unpaired) electrons. The van der Waals surface area contributed by atoms with E-state index in [0.717, 1.165) is 16.0 Å². The van der Waals surface area contributed by atoms with Gasteiger partial charge in [-0.2, -0.15) is 0 Å². The summed E-state index contributed by atoms with van der Waals surface area (Å²) in [7, 11) is 3.08. The fourth-order valence-electron chi connectivity index (χ4n) is 3.51. The molecule has 0 atom stereocenters. The van der Waals surface area contributed by atoms with Crippen molar-refractivity contribution in [1.82, 2.24) is 9.13 Å². The fraction of sp³-hybridized carbons (Fsp3) is 0.450. The lowest BCUT2D eigenvalue weighted by atomic mass is 9.95. The van der Waals surface area contributed by atoms with Gasteiger partial charge in [0, 0.05) is 44.4 Å². The Bertz CT molecular complexity index is 954. The van der Waals surface area contributed by atoms with E-state index in [4.69, 9.17) is 4.74 Å². The summed E-state index contributed by atoms with van der Waals surface area (Å²) < 4.78 is 7.83. The first kappa shape index (κ1) is 19.7. The lowest BCUT2D eigenvalue weighted by molar-refractivity contribution is -0.120. The third-order valence-corrected chi connectivity index (χ3v) is 5.24. The van der Waals surface area contributed by atoms with Gasteiger partial charge in [0.1, 0.15) is 11.6 Å². The number of ether oxygens (including phenoxy) is 1. The van der Waals surface area contributed by atoms with Crippen LogP contribution in [-0.2, 0) is 18.4 Å². The zero-order valence-electron chi connectivity index (χ0n) is 16.5. The molecule has 8 nitrogen and oxygen atoms in total. The van der Waals surface area contributed by atoms with Crippen LogP contribution in [0.1, 0.15) is 19.8 Å². The predicted octanol–water partition coefficient (Wildman–Crippen LogP) is 1.43. The highest BCUT2D eigenvalue weighted by atomic mass is 16.5. The van der Waals surface area contributed by atoms with Crippen LogP contribution in [0.3, 0.4) is 0 Å². The summed E-state index contributed by atoms with van der Waals surface area (Å²) in [6.07, 6.45) is 1.32. The molecule has 1 aromatic heterocycles. The lowest BCUT2D eigenvalue weighted by Crippen LogP contribution is -2.44. The van der Waals surface area contributed by atoms with Crippen molar-refractivity contribution in [3.63, 3.8) is 0 Å². The number of amides is 1. The monoisotopic (exact) mass is 386 g/mol. The molecule has 2 aromatic rings. The Balaban J connectivity index is 1.66. The van der Waals surface area contributed by atoms with Crippen LogP contribution in [0, 0.1) is 5.92 Å². The van der Waals surface area contributed by atoms with Crippen LogP contribution in [-0.4, -0.2) is 35.2 Å². The number of nitrogens with zero attached hydrogens (tertiary/aromatic N) is 3. The molecule has 3 rings (SSSR count). The second kappa shape index (κ2) is 8.33. The molecule has 1 fully saturated rings. The van der Waals surface area contributed by atoms with Gasteiger partial charge in [0.15, 0.2) is 0 Å². The molecule has 1 N–H and O–H groups in total. The highest BCUT2D eigenvalue weighted by Gasteiger charge is 2.27. The third-order valence-electron chi connectivity index (χ3n) is 5.24. The van der Waals surface area contributed by atoms with Gasteiger partial charge < -0.3 is 15.0 Å². The summed E-state index contributed by atoms with van der Waals surface area (Å²) in [5, 5.41) is 2.94. The van der Waals surface area contributed by atoms with Crippen LogP contribution in [0.5, 0.6) is 5.75 Å². The molecule has 1 amide bonds. The Labute approximate surface area is 163 Å². The first-order valence-corrected chi connectivity index (χ1v) is 9.45. The fourth-order valence-corrected chi connectivity index (χ4v) is 3.51. The van der Waals surface area contributed by atoms with Crippen molar-refractivity contribution >= 4 is 17.4 Å². The minimum absolute atomic E-state index is 0.0123. The lowest BCUT2D eigenvalue weighted by Gasteiger charge is -2.34. The number of rotatable bonds is 5. The van der Waals surface area contributed by atoms with E-state index < -0.39 is 0 Å². The van der Waals surface area contributed by atoms with Gasteiger partial charge in [-0.05, 0) is 44.0 Å². The molecule has 0 bridgehead atoms. The van der Waals surface area contributed by atoms with E-state index in [0.29, 0.717) is 38.3 Å². The van der Waals surface area contributed by atoms with Crippen molar-refractivity contribution in [2.45, 2.75) is 26.3 Å². The number of methoxy groups -OCH3 is 1. The molecule has 0 unspecified atom stereocenters. The van der Waals surface area contributed by atoms with Crippen LogP contribution in [0.15, 0.2) is 39.9 Å². The molecule has 0 aliphatic carbocycles. The summed E-state index contributed by atoms with van der Waals surface area (Å²) in [4.78, 5) is 39.0. The van der Waals surface area contributed by atoms with Gasteiger partial charge in [-0.3, -0.25) is 18.7 Å². The van der Waals surface area contributed by atoms with Gasteiger partial charge in [-0.25, -0.2) is 4.79 Å². The van der Waals surface area contributed by atoms with Crippen LogP contribution in [0.25, 0.3) is 0 Å². The predicted molar refractivity (Wildman–Crippen MR) is 108 cm³/mol. The van der Waals surface area contributed by atoms with Gasteiger partial charge >= 0.3 is 5.69 Å². The maximum absolute atomic E-state index is 12.6. The molecule has 0 spiro atoms. The Morgan fingerprint density at radius 2 is 1.82 bits per heavy atom. The number of hydrogen-bond donors (Lipinski definition) is 1. The maximum Gasteiger partial charge on any atom is 0.332 e. The van der Waals surface area contributed by atoms with Crippen LogP contribution < -0.4 is 26.2 Å². The van der Waals surface area contributed by atoms with Crippen molar-refractivity contribution in [3.05, 3.63) is 51.2 Å². The van der Waals surface area contributed by atoms with E-state index in [-0.39, 0.29) is 23.1 Å². The SMILES string of the molecule is CCn1c(N2CCC(C(=O)Nc3ccc(OC)cc3)CC2)cc(=O)n(C)c1=O. The van der Waals surface area contributed by atoms with Crippen molar-refractivity contribution in [2.75, 3.05) is 30.4 Å². The van der Waals surface area contributed by atoms with Crippen LogP contribution >= 0.6 is 0 Å². The zero-order valence-corrected chi connectivity index (χ0v) is 16.5. The first-order valence-electron chi connectivity index (χ1n) is 9.45. The molecule has 0 saturated carbocycles. The number of anilines is 2. The number of hydrogen-bond acceptors (Lipinski definition) is 5. The normalized spacial score (nSPS) is 14.8. The van der Waals surface area contributed by atoms with Crippen molar-refractivity contribution < 1.29 is 9.53 Å². The van der Waals surface area contributed by atoms with Crippen molar-refractivity contribution in [3.8, 4) is 5.75 Å². The zero-order chi connectivity index (χ0) is 20.3. The standard InChI is InChI=1S/C20H26N4O4/c1-4-24-17(13-18(25)22(2)20(24)27)23-11-9-14(10-12-23)19(26)21-15-5-7-16(28-3)8-6-15/h5-8,13-14H,4,9-12H2,1-3H3,(H,21,26). The van der Waals surface area contributed by atoms with E-state index in [1.807, 2.05) is 24.0 Å². The van der Waals surface area contributed by atoms with Crippen LogP contribution in [0.2, 0.25) is 0 Å². The highest BCUT2D eigenvalue weighted by Crippen LogP contribution is 2.24. The largest absolute Gasteiger partial charge is 0.497 e. The topological polar surface area (TPSA) is 85.6 Å². The molecule has 8 heteroatoms. The molecule has 2 heterocycles. The van der Waals surface area contributed by atoms with Crippen LogP contribution in [0.4, 0.5) is 11.5 Å². The second-order valence-electron chi connectivity index (χ2n) is 6.91. The van der Waals surface area contributed by atoms with E-state index in [1.54, 1.807) is 23.8 Å². The summed E-state index contributed by atoms with van der Waals surface area (Å²) in [6, 6.07) is 8.73. The smallest absolute Gasteiger partial charge is 0.332 e. The molecule has 1 aliphatic rings. The molecule has 28 heavy (non-hydrogen) atoms. The third kappa shape index (κ3) is 3.95. The highest BCUT2D eigenvalue weighted by molar-refractivity contribution is 5.92. The number of nitrogens with one attached hydrogen (secondary N) is 1. The minimum Gasteiger partial charge on any atom is -0.497 e. The molecule has 1 aromatic carbocycles. The molecule has 150 valence electrons. The number of benzene rings is 1. The maximum atomic E-state index is 12.6. The quantitative estimate of drug-likeness (QED) is 0.840. The molecular weight excluding hydrogens is 360 g/mol. The van der Waals surface area contributed by atoms with Gasteiger partial charge in [0.25, 0.3) is 5.56 Å². The summed E-state index contributed by atoms with van der Waals surface area (Å²) >= 11 is 0. The number of carbonyl (C=O) groups excluding carboxylic acids is 1. The van der Waals surface area contributed by atoms with Gasteiger partial charge in [-0.1, -0.05) is 0 Å². The Morgan fingerprint density at radius 1 is 1.18 bits per heavy atom. The summed E-state index contributed by atoms with van der Waals surface area (Å²) in [5.41, 5.74) is 0.105. The Morgan fingerprint density at radius 3 is 2.39 bits per heavy atom. The van der Waals surface area contributed by atoms with E-state index in [9.17, 15) is 14.4 Å². The first-order chi connectivity index (χ1) is 13.4. The van der Waals surface area contributed by atoms with Gasteiger partial charge in [-0.15, -0.1) is 0 Å². The Kier molecular flexibility index (Phi) is 5.87. The van der Waals surface area contributed by atoms with Crippen molar-refractivity contribution in [1.29, 1.82) is 0 Å². The second-order valence-corrected chi connectivity index (χ2v) is 6.91. The minimum atomic E-state index is -0.316. The summed E-state index contributed by atoms with van der Waals surface area (Å²) in [5.74, 6) is 1.25. The van der Waals surface area contributed by atoms with Gasteiger partial charge in [0.05, 0.1) is 7.11 Å². The molecule has 1 aliphatic heterocycles. The average molecular weight is 386 g/mol. The van der Waals surface area contributed by atoms with Crippen molar-refractivity contribution in [2.24, 2.45) is 13.0 Å². The van der Waals surface area contributed by atoms with E-state index in [2.05, 4.69) is 5.32 Å². The molecular formula is C20H26N4O4. The molecule has 1 saturated heterocycles. The van der Waals surface area contributed by atoms with E-state index in [1.165, 1.54) is 13.1 Å². The van der Waals surface area contributed by atoms with Gasteiger partial charge in [0.2, 0.25) is 5.91 Å². The Hall–Kier alpha value is -3.03. The van der Waals surface area contributed by atoms with E-state index >= 15 is 0 Å². The number of carbonyl (C=O) groups is 1. The average Bonchev–Trinajstić information content (AvgIpc) is 2.72. The number of aromatic nitrogens is 2. The number of piperidine rings is 1. The summed E-state index contributed by atoms with van der Waals surface area (Å²) in [6.45, 7) is 3.60.